The van der Waals surface area contributed by atoms with Gasteiger partial charge in [0.2, 0.25) is 5.95 Å². The van der Waals surface area contributed by atoms with Gasteiger partial charge in [-0.25, -0.2) is 4.98 Å². The third kappa shape index (κ3) is 3.58. The third-order valence-electron chi connectivity index (χ3n) is 4.48. The molecule has 0 amide bonds. The molecule has 1 aliphatic rings. The van der Waals surface area contributed by atoms with Gasteiger partial charge < -0.3 is 13.9 Å². The Hall–Kier alpha value is -2.22. The van der Waals surface area contributed by atoms with Gasteiger partial charge in [0.05, 0.1) is 18.6 Å². The summed E-state index contributed by atoms with van der Waals surface area (Å²) in [5.41, 5.74) is 0. The van der Waals surface area contributed by atoms with Gasteiger partial charge in [0, 0.05) is 32.5 Å². The summed E-state index contributed by atoms with van der Waals surface area (Å²) < 4.78 is 9.75. The average molecular weight is 358 g/mol. The normalized spacial score (nSPS) is 15.0. The van der Waals surface area contributed by atoms with Crippen LogP contribution in [-0.2, 0) is 19.3 Å². The Morgan fingerprint density at radius 1 is 1.20 bits per heavy atom. The van der Waals surface area contributed by atoms with Crippen molar-refractivity contribution in [1.82, 2.24) is 24.3 Å². The molecule has 1 fully saturated rings. The number of hydrogen-bond donors (Lipinski definition) is 0. The van der Waals surface area contributed by atoms with E-state index in [2.05, 4.69) is 24.6 Å². The van der Waals surface area contributed by atoms with Crippen molar-refractivity contribution in [1.29, 1.82) is 0 Å². The Kier molecular flexibility index (Phi) is 4.78. The summed E-state index contributed by atoms with van der Waals surface area (Å²) in [5.74, 6) is 3.65. The number of furan rings is 1. The summed E-state index contributed by atoms with van der Waals surface area (Å²) in [6, 6.07) is 3.91. The number of imidazole rings is 1. The lowest BCUT2D eigenvalue weighted by atomic mass is 10.1. The SMILES string of the molecule is Cn1ccnc1CSc1nnc(N2CCCCC2)n1Cc1ccco1. The maximum absolute atomic E-state index is 5.55. The van der Waals surface area contributed by atoms with E-state index in [1.54, 1.807) is 18.0 Å². The molecule has 4 rings (SSSR count). The molecular formula is C17H22N6OS. The first-order chi connectivity index (χ1) is 12.3. The molecule has 1 aliphatic heterocycles. The molecule has 0 spiro atoms. The lowest BCUT2D eigenvalue weighted by Crippen LogP contribution is -2.32. The van der Waals surface area contributed by atoms with Gasteiger partial charge in [-0.3, -0.25) is 4.57 Å². The van der Waals surface area contributed by atoms with Crippen LogP contribution in [0.5, 0.6) is 0 Å². The van der Waals surface area contributed by atoms with Crippen LogP contribution in [0.1, 0.15) is 30.8 Å². The molecule has 0 aromatic carbocycles. The highest BCUT2D eigenvalue weighted by Crippen LogP contribution is 2.27. The van der Waals surface area contributed by atoms with Crippen molar-refractivity contribution in [2.75, 3.05) is 18.0 Å². The zero-order chi connectivity index (χ0) is 17.1. The van der Waals surface area contributed by atoms with Crippen LogP contribution in [0.2, 0.25) is 0 Å². The molecule has 4 heterocycles. The molecule has 0 aliphatic carbocycles. The molecule has 25 heavy (non-hydrogen) atoms. The van der Waals surface area contributed by atoms with Crippen LogP contribution in [0.4, 0.5) is 5.95 Å². The first-order valence-corrected chi connectivity index (χ1v) is 9.59. The zero-order valence-electron chi connectivity index (χ0n) is 14.3. The lowest BCUT2D eigenvalue weighted by molar-refractivity contribution is 0.479. The summed E-state index contributed by atoms with van der Waals surface area (Å²) in [7, 11) is 2.01. The van der Waals surface area contributed by atoms with Gasteiger partial charge in [-0.15, -0.1) is 10.2 Å². The van der Waals surface area contributed by atoms with E-state index in [1.165, 1.54) is 19.3 Å². The van der Waals surface area contributed by atoms with Crippen molar-refractivity contribution in [3.05, 3.63) is 42.4 Å². The van der Waals surface area contributed by atoms with Crippen molar-refractivity contribution in [2.24, 2.45) is 7.05 Å². The van der Waals surface area contributed by atoms with E-state index in [0.717, 1.165) is 41.5 Å². The van der Waals surface area contributed by atoms with E-state index in [1.807, 2.05) is 36.1 Å². The Balaban J connectivity index is 1.58. The minimum atomic E-state index is 0.648. The minimum Gasteiger partial charge on any atom is -0.467 e. The number of aromatic nitrogens is 5. The third-order valence-corrected chi connectivity index (χ3v) is 5.44. The maximum Gasteiger partial charge on any atom is 0.228 e. The van der Waals surface area contributed by atoms with Gasteiger partial charge in [-0.05, 0) is 31.4 Å². The van der Waals surface area contributed by atoms with E-state index >= 15 is 0 Å². The van der Waals surface area contributed by atoms with Gasteiger partial charge in [0.1, 0.15) is 11.6 Å². The second-order valence-corrected chi connectivity index (χ2v) is 7.18. The first-order valence-electron chi connectivity index (χ1n) is 8.61. The van der Waals surface area contributed by atoms with Crippen LogP contribution in [0.15, 0.2) is 40.4 Å². The van der Waals surface area contributed by atoms with Crippen LogP contribution >= 0.6 is 11.8 Å². The molecule has 0 atom stereocenters. The van der Waals surface area contributed by atoms with Crippen LogP contribution in [0.25, 0.3) is 0 Å². The minimum absolute atomic E-state index is 0.648. The number of thioether (sulfide) groups is 1. The largest absolute Gasteiger partial charge is 0.467 e. The number of anilines is 1. The van der Waals surface area contributed by atoms with Crippen molar-refractivity contribution >= 4 is 17.7 Å². The maximum atomic E-state index is 5.55. The van der Waals surface area contributed by atoms with Crippen LogP contribution in [0.3, 0.4) is 0 Å². The quantitative estimate of drug-likeness (QED) is 0.631. The molecule has 0 bridgehead atoms. The second-order valence-electron chi connectivity index (χ2n) is 6.24. The zero-order valence-corrected chi connectivity index (χ0v) is 15.2. The highest BCUT2D eigenvalue weighted by atomic mass is 32.2. The Bertz CT molecular complexity index is 803. The molecular weight excluding hydrogens is 336 g/mol. The van der Waals surface area contributed by atoms with Gasteiger partial charge >= 0.3 is 0 Å². The summed E-state index contributed by atoms with van der Waals surface area (Å²) in [5, 5.41) is 9.85. The van der Waals surface area contributed by atoms with Gasteiger partial charge in [-0.1, -0.05) is 11.8 Å². The highest BCUT2D eigenvalue weighted by molar-refractivity contribution is 7.98. The molecule has 0 N–H and O–H groups in total. The van der Waals surface area contributed by atoms with E-state index in [-0.39, 0.29) is 0 Å². The van der Waals surface area contributed by atoms with E-state index in [0.29, 0.717) is 6.54 Å². The number of nitrogens with zero attached hydrogens (tertiary/aromatic N) is 6. The van der Waals surface area contributed by atoms with Crippen LogP contribution < -0.4 is 4.90 Å². The fourth-order valence-corrected chi connectivity index (χ4v) is 4.01. The molecule has 0 saturated carbocycles. The molecule has 0 radical (unpaired) electrons. The Morgan fingerprint density at radius 2 is 2.08 bits per heavy atom. The smallest absolute Gasteiger partial charge is 0.228 e. The molecule has 1 saturated heterocycles. The van der Waals surface area contributed by atoms with Gasteiger partial charge in [0.15, 0.2) is 5.16 Å². The molecule has 132 valence electrons. The van der Waals surface area contributed by atoms with Crippen molar-refractivity contribution in [3.8, 4) is 0 Å². The summed E-state index contributed by atoms with van der Waals surface area (Å²) in [6.45, 7) is 2.73. The van der Waals surface area contributed by atoms with E-state index < -0.39 is 0 Å². The van der Waals surface area contributed by atoms with Gasteiger partial charge in [0.25, 0.3) is 0 Å². The highest BCUT2D eigenvalue weighted by Gasteiger charge is 2.21. The standard InChI is InChI=1S/C17H22N6OS/c1-21-10-7-18-15(21)13-25-17-20-19-16(22-8-3-2-4-9-22)23(17)12-14-6-5-11-24-14/h5-7,10-11H,2-4,8-9,12-13H2,1H3. The topological polar surface area (TPSA) is 64.9 Å². The molecule has 7 nitrogen and oxygen atoms in total. The van der Waals surface area contributed by atoms with E-state index in [9.17, 15) is 0 Å². The number of hydrogen-bond acceptors (Lipinski definition) is 6. The first kappa shape index (κ1) is 16.3. The van der Waals surface area contributed by atoms with Crippen molar-refractivity contribution < 1.29 is 4.42 Å². The predicted octanol–water partition coefficient (Wildman–Crippen LogP) is 2.94. The number of rotatable bonds is 6. The fourth-order valence-electron chi connectivity index (χ4n) is 3.08. The Morgan fingerprint density at radius 3 is 2.80 bits per heavy atom. The molecule has 8 heteroatoms. The summed E-state index contributed by atoms with van der Waals surface area (Å²) in [4.78, 5) is 6.73. The van der Waals surface area contributed by atoms with Crippen LogP contribution in [-0.4, -0.2) is 37.4 Å². The average Bonchev–Trinajstić information content (AvgIpc) is 3.37. The number of aryl methyl sites for hydroxylation is 1. The molecule has 3 aromatic rings. The summed E-state index contributed by atoms with van der Waals surface area (Å²) >= 11 is 1.66. The van der Waals surface area contributed by atoms with Gasteiger partial charge in [-0.2, -0.15) is 0 Å². The Labute approximate surface area is 151 Å². The predicted molar refractivity (Wildman–Crippen MR) is 96.7 cm³/mol. The monoisotopic (exact) mass is 358 g/mol. The second kappa shape index (κ2) is 7.35. The molecule has 0 unspecified atom stereocenters. The van der Waals surface area contributed by atoms with E-state index in [4.69, 9.17) is 4.42 Å². The number of piperidine rings is 1. The lowest BCUT2D eigenvalue weighted by Gasteiger charge is -2.27. The fraction of sp³-hybridized carbons (Fsp3) is 0.471. The van der Waals surface area contributed by atoms with Crippen LogP contribution in [0, 0.1) is 0 Å². The summed E-state index contributed by atoms with van der Waals surface area (Å²) in [6.07, 6.45) is 9.21. The van der Waals surface area contributed by atoms with Crippen molar-refractivity contribution in [2.45, 2.75) is 36.7 Å². The molecule has 3 aromatic heterocycles. The van der Waals surface area contributed by atoms with Crippen molar-refractivity contribution in [3.63, 3.8) is 0 Å².